The van der Waals surface area contributed by atoms with Crippen molar-refractivity contribution in [1.82, 2.24) is 15.7 Å². The van der Waals surface area contributed by atoms with Gasteiger partial charge in [0.1, 0.15) is 18.1 Å². The van der Waals surface area contributed by atoms with Gasteiger partial charge < -0.3 is 29.3 Å². The van der Waals surface area contributed by atoms with Crippen LogP contribution >= 0.6 is 0 Å². The molecule has 0 aliphatic carbocycles. The summed E-state index contributed by atoms with van der Waals surface area (Å²) in [5, 5.41) is 6.63. The Kier molecular flexibility index (Phi) is 15.8. The average molecular weight is 680 g/mol. The molecule has 49 heavy (non-hydrogen) atoms. The van der Waals surface area contributed by atoms with Crippen LogP contribution in [-0.4, -0.2) is 68.8 Å². The number of carbonyl (C=O) groups excluding carboxylic acids is 5. The third kappa shape index (κ3) is 11.8. The van der Waals surface area contributed by atoms with Crippen molar-refractivity contribution in [2.45, 2.75) is 65.0 Å². The molecule has 0 spiro atoms. The molecule has 0 bridgehead atoms. The lowest BCUT2D eigenvalue weighted by Gasteiger charge is -2.32. The molecule has 3 rings (SSSR count). The molecule has 264 valence electrons. The van der Waals surface area contributed by atoms with Gasteiger partial charge >= 0.3 is 11.9 Å². The summed E-state index contributed by atoms with van der Waals surface area (Å²) >= 11 is 0. The second-order valence-corrected chi connectivity index (χ2v) is 11.1. The van der Waals surface area contributed by atoms with Crippen LogP contribution < -0.4 is 15.4 Å². The van der Waals surface area contributed by atoms with Gasteiger partial charge in [0.2, 0.25) is 12.3 Å². The van der Waals surface area contributed by atoms with Crippen LogP contribution in [0.1, 0.15) is 78.8 Å². The number of methoxy groups -OCH3 is 2. The number of hydrogen-bond donors (Lipinski definition) is 2. The number of nitrogens with one attached hydrogen (secondary N) is 2. The Balaban J connectivity index is 1.67. The monoisotopic (exact) mass is 679 g/mol. The first-order valence-corrected chi connectivity index (χ1v) is 16.2. The average Bonchev–Trinajstić information content (AvgIpc) is 3.63. The summed E-state index contributed by atoms with van der Waals surface area (Å²) in [4.78, 5) is 68.2. The molecule has 2 atom stereocenters. The van der Waals surface area contributed by atoms with Crippen molar-refractivity contribution in [3.8, 4) is 17.1 Å². The maximum atomic E-state index is 13.5. The van der Waals surface area contributed by atoms with Gasteiger partial charge in [-0.1, -0.05) is 69.9 Å². The SMILES string of the molecule is CCCCCC[C@@H](C(=O)NCNC(=O)c1ccc(-c2cc(OCC(=O)OC)cc(C(=O)OC)c2)o1)[C@@H](CC)N(C=O)OCc1ccccc1. The van der Waals surface area contributed by atoms with E-state index in [1.165, 1.54) is 49.6 Å². The van der Waals surface area contributed by atoms with Crippen LogP contribution in [-0.2, 0) is 35.3 Å². The van der Waals surface area contributed by atoms with E-state index in [0.29, 0.717) is 24.8 Å². The van der Waals surface area contributed by atoms with Crippen molar-refractivity contribution in [2.75, 3.05) is 27.5 Å². The summed E-state index contributed by atoms with van der Waals surface area (Å²) in [7, 11) is 2.45. The largest absolute Gasteiger partial charge is 0.482 e. The summed E-state index contributed by atoms with van der Waals surface area (Å²) in [6, 6.07) is 16.3. The first kappa shape index (κ1) is 38.3. The van der Waals surface area contributed by atoms with E-state index in [0.717, 1.165) is 31.2 Å². The van der Waals surface area contributed by atoms with Gasteiger partial charge in [0.05, 0.1) is 38.4 Å². The maximum absolute atomic E-state index is 13.5. The molecule has 13 nitrogen and oxygen atoms in total. The van der Waals surface area contributed by atoms with Crippen molar-refractivity contribution < 1.29 is 47.4 Å². The van der Waals surface area contributed by atoms with E-state index in [4.69, 9.17) is 18.7 Å². The normalized spacial score (nSPS) is 11.9. The summed E-state index contributed by atoms with van der Waals surface area (Å²) in [5.41, 5.74) is 1.42. The van der Waals surface area contributed by atoms with Crippen LogP contribution in [0.25, 0.3) is 11.3 Å². The highest BCUT2D eigenvalue weighted by atomic mass is 16.7. The molecule has 0 unspecified atom stereocenters. The standard InChI is InChI=1S/C36H45N3O10/c1-5-7-8-12-15-29(30(6-2)39(24-40)48-21-25-13-10-9-11-14-25)34(42)37-23-38-35(43)32-17-16-31(49-32)26-18-27(36(44)46-4)20-28(19-26)47-22-33(41)45-3/h9-11,13-14,16-20,24,29-30H,5-8,12,15,21-23H2,1-4H3,(H,37,42)(H,38,43)/t29-,30-/m1/s1. The number of rotatable bonds is 21. The molecular formula is C36H45N3O10. The molecule has 13 heteroatoms. The quantitative estimate of drug-likeness (QED) is 0.0513. The fourth-order valence-corrected chi connectivity index (χ4v) is 5.17. The Bertz CT molecular complexity index is 1520. The van der Waals surface area contributed by atoms with E-state index in [1.54, 1.807) is 0 Å². The number of nitrogens with zero attached hydrogens (tertiary/aromatic N) is 1. The first-order valence-electron chi connectivity index (χ1n) is 16.2. The second-order valence-electron chi connectivity index (χ2n) is 11.1. The van der Waals surface area contributed by atoms with Gasteiger partial charge in [0, 0.05) is 5.56 Å². The highest BCUT2D eigenvalue weighted by Gasteiger charge is 2.32. The Morgan fingerprint density at radius 3 is 2.37 bits per heavy atom. The maximum Gasteiger partial charge on any atom is 0.343 e. The summed E-state index contributed by atoms with van der Waals surface area (Å²) in [6.45, 7) is 3.60. The lowest BCUT2D eigenvalue weighted by atomic mass is 9.90. The van der Waals surface area contributed by atoms with Crippen molar-refractivity contribution in [3.63, 3.8) is 0 Å². The molecular weight excluding hydrogens is 634 g/mol. The number of hydrogen-bond acceptors (Lipinski definition) is 10. The lowest BCUT2D eigenvalue weighted by molar-refractivity contribution is -0.200. The number of esters is 2. The molecule has 0 aliphatic heterocycles. The minimum Gasteiger partial charge on any atom is -0.482 e. The number of amides is 3. The summed E-state index contributed by atoms with van der Waals surface area (Å²) < 4.78 is 20.6. The van der Waals surface area contributed by atoms with E-state index in [2.05, 4.69) is 22.3 Å². The van der Waals surface area contributed by atoms with Crippen LogP contribution in [0.4, 0.5) is 0 Å². The summed E-state index contributed by atoms with van der Waals surface area (Å²) in [5.74, 6) is -2.37. The second kappa shape index (κ2) is 20.3. The van der Waals surface area contributed by atoms with Crippen LogP contribution in [0.3, 0.4) is 0 Å². The van der Waals surface area contributed by atoms with Gasteiger partial charge in [-0.15, -0.1) is 0 Å². The highest BCUT2D eigenvalue weighted by Crippen LogP contribution is 2.29. The van der Waals surface area contributed by atoms with Crippen LogP contribution in [0.2, 0.25) is 0 Å². The third-order valence-corrected chi connectivity index (χ3v) is 7.78. The molecule has 1 aromatic heterocycles. The van der Waals surface area contributed by atoms with Gasteiger partial charge in [0.15, 0.2) is 12.4 Å². The molecule has 0 saturated carbocycles. The van der Waals surface area contributed by atoms with Crippen LogP contribution in [0, 0.1) is 5.92 Å². The first-order chi connectivity index (χ1) is 23.7. The Labute approximate surface area is 286 Å². The zero-order valence-corrected chi connectivity index (χ0v) is 28.4. The fraction of sp³-hybridized carbons (Fsp3) is 0.417. The van der Waals surface area contributed by atoms with E-state index in [1.807, 2.05) is 37.3 Å². The number of carbonyl (C=O) groups is 5. The Morgan fingerprint density at radius 1 is 0.918 bits per heavy atom. The fourth-order valence-electron chi connectivity index (χ4n) is 5.17. The topological polar surface area (TPSA) is 163 Å². The van der Waals surface area contributed by atoms with Crippen molar-refractivity contribution in [3.05, 3.63) is 77.6 Å². The van der Waals surface area contributed by atoms with Crippen LogP contribution in [0.5, 0.6) is 5.75 Å². The number of ether oxygens (including phenoxy) is 3. The zero-order valence-electron chi connectivity index (χ0n) is 28.4. The predicted octanol–water partition coefficient (Wildman–Crippen LogP) is 5.04. The van der Waals surface area contributed by atoms with Gasteiger partial charge in [-0.2, -0.15) is 0 Å². The van der Waals surface area contributed by atoms with E-state index < -0.39 is 29.8 Å². The molecule has 1 heterocycles. The number of furan rings is 1. The Hall–Kier alpha value is -5.17. The number of hydroxylamine groups is 2. The van der Waals surface area contributed by atoms with E-state index >= 15 is 0 Å². The Morgan fingerprint density at radius 2 is 1.69 bits per heavy atom. The van der Waals surface area contributed by atoms with E-state index in [-0.39, 0.29) is 48.6 Å². The van der Waals surface area contributed by atoms with E-state index in [9.17, 15) is 24.0 Å². The number of unbranched alkanes of at least 4 members (excludes halogenated alkanes) is 3. The van der Waals surface area contributed by atoms with Crippen molar-refractivity contribution in [2.24, 2.45) is 5.92 Å². The zero-order chi connectivity index (χ0) is 35.6. The smallest absolute Gasteiger partial charge is 0.343 e. The lowest BCUT2D eigenvalue weighted by Crippen LogP contribution is -2.48. The molecule has 0 fully saturated rings. The van der Waals surface area contributed by atoms with Crippen molar-refractivity contribution >= 4 is 30.2 Å². The number of benzene rings is 2. The molecule has 3 aromatic rings. The predicted molar refractivity (Wildman–Crippen MR) is 179 cm³/mol. The van der Waals surface area contributed by atoms with Gasteiger partial charge in [0.25, 0.3) is 5.91 Å². The molecule has 0 aliphatic rings. The van der Waals surface area contributed by atoms with Crippen molar-refractivity contribution in [1.29, 1.82) is 0 Å². The molecule has 0 saturated heterocycles. The molecule has 2 N–H and O–H groups in total. The van der Waals surface area contributed by atoms with Gasteiger partial charge in [-0.3, -0.25) is 19.2 Å². The third-order valence-electron chi connectivity index (χ3n) is 7.78. The summed E-state index contributed by atoms with van der Waals surface area (Å²) in [6.07, 6.45) is 5.43. The van der Waals surface area contributed by atoms with Gasteiger partial charge in [-0.05, 0) is 48.7 Å². The minimum absolute atomic E-state index is 0.0475. The van der Waals surface area contributed by atoms with Gasteiger partial charge in [-0.25, -0.2) is 14.7 Å². The molecule has 3 amide bonds. The molecule has 0 radical (unpaired) electrons. The molecule has 2 aromatic carbocycles. The minimum atomic E-state index is -0.641. The van der Waals surface area contributed by atoms with Crippen LogP contribution in [0.15, 0.2) is 65.1 Å². The highest BCUT2D eigenvalue weighted by molar-refractivity contribution is 5.93.